The third-order valence-corrected chi connectivity index (χ3v) is 6.10. The van der Waals surface area contributed by atoms with Gasteiger partial charge in [0.1, 0.15) is 5.41 Å². The Kier molecular flexibility index (Phi) is 2.54. The van der Waals surface area contributed by atoms with E-state index in [-0.39, 0.29) is 35.8 Å². The van der Waals surface area contributed by atoms with E-state index in [1.807, 2.05) is 24.3 Å². The molecule has 0 unspecified atom stereocenters. The zero-order valence-electron chi connectivity index (χ0n) is 12.8. The molecule has 6 heteroatoms. The Balaban J connectivity index is 1.71. The van der Waals surface area contributed by atoms with E-state index in [4.69, 9.17) is 9.57 Å². The van der Waals surface area contributed by atoms with Gasteiger partial charge in [0, 0.05) is 17.9 Å². The van der Waals surface area contributed by atoms with Gasteiger partial charge in [0.25, 0.3) is 5.91 Å². The second-order valence-corrected chi connectivity index (χ2v) is 6.92. The summed E-state index contributed by atoms with van der Waals surface area (Å²) in [5.41, 5.74) is 0.990. The van der Waals surface area contributed by atoms with Crippen molar-refractivity contribution in [3.8, 4) is 0 Å². The monoisotopic (exact) mass is 314 g/mol. The molecule has 0 radical (unpaired) electrons. The van der Waals surface area contributed by atoms with Crippen molar-refractivity contribution in [1.29, 1.82) is 0 Å². The number of rotatable bonds is 1. The normalized spacial score (nSPS) is 40.5. The topological polar surface area (TPSA) is 67.9 Å². The molecule has 4 fully saturated rings. The number of carbonyl (C=O) groups is 2. The summed E-state index contributed by atoms with van der Waals surface area (Å²) in [5, 5.41) is 4.47. The standard InChI is InChI=1S/C17H18N2O4/c1-22-19-13-5-3-2-4-11(13)17(16(19)21)7-12-10-8-23-14(17)6-9(10)15(20)18-12/h2-5,9-10,12,14H,6-8H2,1H3,(H,18,20)/t9-,10-,12+,14-,17+/m1/s1. The fourth-order valence-electron chi connectivity index (χ4n) is 5.06. The summed E-state index contributed by atoms with van der Waals surface area (Å²) in [7, 11) is 1.51. The molecule has 6 nitrogen and oxygen atoms in total. The first-order valence-corrected chi connectivity index (χ1v) is 8.07. The molecule has 4 aliphatic heterocycles. The third-order valence-electron chi connectivity index (χ3n) is 6.10. The molecule has 5 aliphatic rings. The van der Waals surface area contributed by atoms with Crippen molar-refractivity contribution in [2.45, 2.75) is 30.4 Å². The summed E-state index contributed by atoms with van der Waals surface area (Å²) in [6, 6.07) is 7.74. The van der Waals surface area contributed by atoms with Gasteiger partial charge in [-0.1, -0.05) is 18.2 Å². The second kappa shape index (κ2) is 4.33. The molecule has 5 atom stereocenters. The number of anilines is 1. The third kappa shape index (κ3) is 1.46. The van der Waals surface area contributed by atoms with Crippen molar-refractivity contribution in [2.75, 3.05) is 18.8 Å². The molecule has 23 heavy (non-hydrogen) atoms. The summed E-state index contributed by atoms with van der Waals surface area (Å²) >= 11 is 0. The predicted octanol–water partition coefficient (Wildman–Crippen LogP) is 0.756. The number of hydroxylamine groups is 1. The minimum absolute atomic E-state index is 0.00573. The zero-order chi connectivity index (χ0) is 15.8. The maximum atomic E-state index is 13.3. The average Bonchev–Trinajstić information content (AvgIpc) is 2.88. The fourth-order valence-corrected chi connectivity index (χ4v) is 5.06. The van der Waals surface area contributed by atoms with Crippen LogP contribution in [0.1, 0.15) is 18.4 Å². The first kappa shape index (κ1) is 13.5. The number of para-hydroxylation sites is 1. The summed E-state index contributed by atoms with van der Waals surface area (Å²) in [5.74, 6) is 0.184. The highest BCUT2D eigenvalue weighted by atomic mass is 16.7. The van der Waals surface area contributed by atoms with E-state index in [1.165, 1.54) is 12.2 Å². The minimum Gasteiger partial charge on any atom is -0.376 e. The van der Waals surface area contributed by atoms with Gasteiger partial charge in [-0.25, -0.2) is 0 Å². The van der Waals surface area contributed by atoms with Crippen molar-refractivity contribution >= 4 is 17.5 Å². The SMILES string of the molecule is CON1C(=O)[C@@]2(C[C@@H]3NC(=O)[C@@H]4C[C@H]2OC[C@@H]34)c2ccccc21. The molecule has 120 valence electrons. The first-order chi connectivity index (χ1) is 11.2. The first-order valence-electron chi connectivity index (χ1n) is 8.07. The quantitative estimate of drug-likeness (QED) is 0.831. The number of hydrogen-bond donors (Lipinski definition) is 1. The Morgan fingerprint density at radius 2 is 2.17 bits per heavy atom. The van der Waals surface area contributed by atoms with Crippen LogP contribution in [-0.4, -0.2) is 37.7 Å². The lowest BCUT2D eigenvalue weighted by atomic mass is 9.71. The highest BCUT2D eigenvalue weighted by Gasteiger charge is 2.65. The number of hydrogen-bond acceptors (Lipinski definition) is 4. The Morgan fingerprint density at radius 3 is 3.00 bits per heavy atom. The zero-order valence-corrected chi connectivity index (χ0v) is 12.8. The van der Waals surface area contributed by atoms with Crippen LogP contribution in [0.5, 0.6) is 0 Å². The Labute approximate surface area is 133 Å². The highest BCUT2D eigenvalue weighted by molar-refractivity contribution is 6.07. The van der Waals surface area contributed by atoms with Crippen molar-refractivity contribution in [3.63, 3.8) is 0 Å². The summed E-state index contributed by atoms with van der Waals surface area (Å²) in [4.78, 5) is 30.8. The van der Waals surface area contributed by atoms with Crippen LogP contribution in [0.2, 0.25) is 0 Å². The van der Waals surface area contributed by atoms with Gasteiger partial charge in [-0.05, 0) is 24.5 Å². The molecule has 2 amide bonds. The molecule has 6 rings (SSSR count). The van der Waals surface area contributed by atoms with E-state index < -0.39 is 5.41 Å². The lowest BCUT2D eigenvalue weighted by Crippen LogP contribution is -2.53. The largest absolute Gasteiger partial charge is 0.376 e. The molecule has 1 spiro atoms. The smallest absolute Gasteiger partial charge is 0.264 e. The summed E-state index contributed by atoms with van der Waals surface area (Å²) in [6.07, 6.45) is 0.916. The van der Waals surface area contributed by atoms with Crippen LogP contribution in [0.4, 0.5) is 5.69 Å². The number of carbonyl (C=O) groups excluding carboxylic acids is 2. The van der Waals surface area contributed by atoms with Gasteiger partial charge in [-0.3, -0.25) is 14.4 Å². The molecule has 1 aliphatic carbocycles. The Hall–Kier alpha value is -1.92. The number of nitrogens with zero attached hydrogens (tertiary/aromatic N) is 1. The maximum Gasteiger partial charge on any atom is 0.264 e. The van der Waals surface area contributed by atoms with Gasteiger partial charge in [0.15, 0.2) is 0 Å². The lowest BCUT2D eigenvalue weighted by molar-refractivity contribution is -0.142. The van der Waals surface area contributed by atoms with Crippen LogP contribution in [0, 0.1) is 11.8 Å². The van der Waals surface area contributed by atoms with E-state index in [0.717, 1.165) is 11.3 Å². The van der Waals surface area contributed by atoms with E-state index in [1.54, 1.807) is 0 Å². The van der Waals surface area contributed by atoms with Crippen LogP contribution in [-0.2, 0) is 24.6 Å². The van der Waals surface area contributed by atoms with E-state index >= 15 is 0 Å². The average molecular weight is 314 g/mol. The van der Waals surface area contributed by atoms with Gasteiger partial charge in [-0.15, -0.1) is 0 Å². The number of amides is 2. The molecule has 1 aromatic rings. The van der Waals surface area contributed by atoms with Gasteiger partial charge < -0.3 is 10.1 Å². The maximum absolute atomic E-state index is 13.3. The van der Waals surface area contributed by atoms with E-state index in [2.05, 4.69) is 5.32 Å². The van der Waals surface area contributed by atoms with Crippen LogP contribution < -0.4 is 10.4 Å². The van der Waals surface area contributed by atoms with Crippen LogP contribution >= 0.6 is 0 Å². The summed E-state index contributed by atoms with van der Waals surface area (Å²) < 4.78 is 6.09. The highest BCUT2D eigenvalue weighted by Crippen LogP contribution is 2.55. The van der Waals surface area contributed by atoms with Crippen LogP contribution in [0.25, 0.3) is 0 Å². The van der Waals surface area contributed by atoms with Crippen molar-refractivity contribution < 1.29 is 19.2 Å². The van der Waals surface area contributed by atoms with Crippen molar-refractivity contribution in [3.05, 3.63) is 29.8 Å². The molecular formula is C17H18N2O4. The van der Waals surface area contributed by atoms with Gasteiger partial charge in [0.2, 0.25) is 5.91 Å². The van der Waals surface area contributed by atoms with Crippen LogP contribution in [0.3, 0.4) is 0 Å². The van der Waals surface area contributed by atoms with Crippen molar-refractivity contribution in [2.24, 2.45) is 11.8 Å². The van der Waals surface area contributed by atoms with Gasteiger partial charge in [-0.2, -0.15) is 5.06 Å². The molecule has 1 aromatic carbocycles. The molecule has 0 aromatic heterocycles. The second-order valence-electron chi connectivity index (χ2n) is 6.92. The van der Waals surface area contributed by atoms with Crippen molar-refractivity contribution in [1.82, 2.24) is 5.32 Å². The number of ether oxygens (including phenoxy) is 1. The van der Waals surface area contributed by atoms with E-state index in [0.29, 0.717) is 19.4 Å². The molecule has 3 saturated heterocycles. The fraction of sp³-hybridized carbons (Fsp3) is 0.529. The lowest BCUT2D eigenvalue weighted by Gasteiger charge is -2.37. The van der Waals surface area contributed by atoms with Gasteiger partial charge >= 0.3 is 0 Å². The number of fused-ring (bicyclic) bond motifs is 2. The molecule has 1 saturated carbocycles. The minimum atomic E-state index is -0.755. The van der Waals surface area contributed by atoms with Gasteiger partial charge in [0.05, 0.1) is 25.5 Å². The molecule has 4 bridgehead atoms. The van der Waals surface area contributed by atoms with Crippen LogP contribution in [0.15, 0.2) is 24.3 Å². The molecule has 4 heterocycles. The summed E-state index contributed by atoms with van der Waals surface area (Å²) in [6.45, 7) is 0.545. The Morgan fingerprint density at radius 1 is 1.35 bits per heavy atom. The Bertz CT molecular complexity index is 720. The molecular weight excluding hydrogens is 296 g/mol. The number of nitrogens with one attached hydrogen (secondary N) is 1. The number of benzene rings is 1. The van der Waals surface area contributed by atoms with E-state index in [9.17, 15) is 9.59 Å². The predicted molar refractivity (Wildman–Crippen MR) is 80.5 cm³/mol. The molecule has 1 N–H and O–H groups in total.